The van der Waals surface area contributed by atoms with E-state index in [1.807, 2.05) is 62.3 Å². The van der Waals surface area contributed by atoms with Gasteiger partial charge in [0.15, 0.2) is 0 Å². The number of carbonyl (C=O) groups is 6. The average Bonchev–Trinajstić information content (AvgIpc) is 3.10. The number of primary amides is 1. The summed E-state index contributed by atoms with van der Waals surface area (Å²) in [5.74, 6) is -2.73. The van der Waals surface area contributed by atoms with Crippen molar-refractivity contribution < 1.29 is 33.5 Å². The number of hydrogen-bond acceptors (Lipinski definition) is 7. The fraction of sp³-hybridized carbons (Fsp3) is 0.829. The van der Waals surface area contributed by atoms with Crippen LogP contribution in [0.1, 0.15) is 108 Å². The second-order valence-electron chi connectivity index (χ2n) is 18.3. The van der Waals surface area contributed by atoms with E-state index >= 15 is 0 Å². The molecule has 2 heterocycles. The molecule has 1 unspecified atom stereocenters. The topological polar surface area (TPSA) is 180 Å². The van der Waals surface area contributed by atoms with Gasteiger partial charge in [-0.2, -0.15) is 0 Å². The van der Waals surface area contributed by atoms with Gasteiger partial charge in [0.1, 0.15) is 17.7 Å². The summed E-state index contributed by atoms with van der Waals surface area (Å²) < 4.78 is 5.61. The Labute approximate surface area is 285 Å². The van der Waals surface area contributed by atoms with Crippen LogP contribution in [0.5, 0.6) is 0 Å². The van der Waals surface area contributed by atoms with Gasteiger partial charge in [0.25, 0.3) is 5.91 Å². The summed E-state index contributed by atoms with van der Waals surface area (Å²) in [4.78, 5) is 82.9. The number of Topliss-reactive ketones (excluding diaryl/α,β-unsaturated/α-hetero) is 1. The van der Waals surface area contributed by atoms with Crippen LogP contribution in [0.2, 0.25) is 0 Å². The summed E-state index contributed by atoms with van der Waals surface area (Å²) in [6, 6.07) is -3.56. The van der Waals surface area contributed by atoms with Crippen LogP contribution in [-0.4, -0.2) is 94.3 Å². The molecule has 2 saturated carbocycles. The van der Waals surface area contributed by atoms with Gasteiger partial charge < -0.3 is 36.2 Å². The number of nitrogens with two attached hydrogens (primary N) is 1. The monoisotopic (exact) mass is 674 g/mol. The number of carbonyl (C=O) groups excluding carboxylic acids is 6. The number of likely N-dealkylation sites (tertiary alicyclic amines) is 2. The molecule has 2 aliphatic carbocycles. The Morgan fingerprint density at radius 1 is 0.875 bits per heavy atom. The zero-order valence-corrected chi connectivity index (χ0v) is 30.8. The van der Waals surface area contributed by atoms with Crippen molar-refractivity contribution in [2.24, 2.45) is 33.3 Å². The molecular weight excluding hydrogens is 616 g/mol. The molecule has 2 spiro atoms. The fourth-order valence-corrected chi connectivity index (χ4v) is 8.24. The summed E-state index contributed by atoms with van der Waals surface area (Å²) in [5, 5.41) is 8.54. The van der Waals surface area contributed by atoms with Crippen LogP contribution in [0.15, 0.2) is 0 Å². The molecule has 4 atom stereocenters. The Bertz CT molecular complexity index is 1350. The van der Waals surface area contributed by atoms with Crippen molar-refractivity contribution >= 4 is 35.6 Å². The highest BCUT2D eigenvalue weighted by atomic mass is 16.6. The standard InChI is InChI=1S/C35H58N6O7/c1-30(2,3)24(38-28(46)39-31(4,5)6)27(45)41-19-34(33(10,11)35(34)17-40(18-35)29(47)48-32(7,8)9)16-22(41)26(44)37-21(23(42)25(36)43)15-20-13-12-14-20/h20-22,24H,12-19H2,1-11H3,(H2,36,43)(H,37,44)(H2,38,39,46)/t21?,22-,24+,34+/m0/s1. The van der Waals surface area contributed by atoms with Crippen molar-refractivity contribution in [3.63, 3.8) is 0 Å². The number of rotatable bonds is 8. The lowest BCUT2D eigenvalue weighted by molar-refractivity contribution is -0.143. The van der Waals surface area contributed by atoms with E-state index in [0.717, 1.165) is 19.3 Å². The van der Waals surface area contributed by atoms with Gasteiger partial charge in [0, 0.05) is 36.0 Å². The summed E-state index contributed by atoms with van der Waals surface area (Å²) in [6.07, 6.45) is 3.01. The van der Waals surface area contributed by atoms with Crippen LogP contribution < -0.4 is 21.7 Å². The molecule has 270 valence electrons. The van der Waals surface area contributed by atoms with Crippen molar-refractivity contribution in [3.05, 3.63) is 0 Å². The van der Waals surface area contributed by atoms with Crippen LogP contribution >= 0.6 is 0 Å². The SMILES string of the molecule is CC(C)(C)NC(=O)N[C@H](C(=O)N1C[C@]2(C[C@H]1C(=O)NC(CC1CCC1)C(=O)C(N)=O)C(C)(C)C21CN(C(=O)OC(C)(C)C)C1)C(C)(C)C. The third kappa shape index (κ3) is 6.88. The molecule has 4 aliphatic rings. The molecule has 5 N–H and O–H groups in total. The molecule has 2 aliphatic heterocycles. The Kier molecular flexibility index (Phi) is 9.51. The molecule has 0 bridgehead atoms. The van der Waals surface area contributed by atoms with Gasteiger partial charge in [-0.15, -0.1) is 0 Å². The Balaban J connectivity index is 1.66. The van der Waals surface area contributed by atoms with Gasteiger partial charge in [-0.1, -0.05) is 53.9 Å². The average molecular weight is 675 g/mol. The Morgan fingerprint density at radius 3 is 1.92 bits per heavy atom. The molecular formula is C35H58N6O7. The lowest BCUT2D eigenvalue weighted by Crippen LogP contribution is -2.61. The van der Waals surface area contributed by atoms with Crippen LogP contribution in [0, 0.1) is 27.6 Å². The summed E-state index contributed by atoms with van der Waals surface area (Å²) in [6.45, 7) is 21.8. The number of ketones is 1. The maximum atomic E-state index is 14.6. The molecule has 0 radical (unpaired) electrons. The molecule has 4 rings (SSSR count). The molecule has 6 amide bonds. The van der Waals surface area contributed by atoms with Crippen molar-refractivity contribution in [2.75, 3.05) is 19.6 Å². The van der Waals surface area contributed by atoms with E-state index in [9.17, 15) is 28.8 Å². The van der Waals surface area contributed by atoms with E-state index in [4.69, 9.17) is 10.5 Å². The van der Waals surface area contributed by atoms with Gasteiger partial charge >= 0.3 is 12.1 Å². The maximum absolute atomic E-state index is 14.6. The highest BCUT2D eigenvalue weighted by Gasteiger charge is 2.87. The van der Waals surface area contributed by atoms with Gasteiger partial charge in [0.2, 0.25) is 17.6 Å². The minimum Gasteiger partial charge on any atom is -0.444 e. The molecule has 0 aromatic carbocycles. The first-order valence-electron chi connectivity index (χ1n) is 17.3. The maximum Gasteiger partial charge on any atom is 0.410 e. The molecule has 48 heavy (non-hydrogen) atoms. The number of urea groups is 1. The normalized spacial score (nSPS) is 25.8. The number of ether oxygens (including phenoxy) is 1. The number of fused-ring (bicyclic) bond motifs is 1. The largest absolute Gasteiger partial charge is 0.444 e. The molecule has 2 saturated heterocycles. The van der Waals surface area contributed by atoms with E-state index in [-0.39, 0.29) is 23.3 Å². The lowest BCUT2D eigenvalue weighted by Gasteiger charge is -2.44. The van der Waals surface area contributed by atoms with Crippen molar-refractivity contribution in [1.82, 2.24) is 25.8 Å². The van der Waals surface area contributed by atoms with Crippen molar-refractivity contribution in [1.29, 1.82) is 0 Å². The fourth-order valence-electron chi connectivity index (χ4n) is 8.24. The van der Waals surface area contributed by atoms with Gasteiger partial charge in [-0.3, -0.25) is 19.2 Å². The number of nitrogens with one attached hydrogen (secondary N) is 3. The van der Waals surface area contributed by atoms with Crippen LogP contribution in [0.3, 0.4) is 0 Å². The summed E-state index contributed by atoms with van der Waals surface area (Å²) in [5.41, 5.74) is 2.22. The minimum absolute atomic E-state index is 0.196. The van der Waals surface area contributed by atoms with E-state index in [1.165, 1.54) is 0 Å². The first-order valence-corrected chi connectivity index (χ1v) is 17.3. The smallest absolute Gasteiger partial charge is 0.410 e. The predicted octanol–water partition coefficient (Wildman–Crippen LogP) is 3.09. The van der Waals surface area contributed by atoms with Crippen molar-refractivity contribution in [3.8, 4) is 0 Å². The van der Waals surface area contributed by atoms with E-state index < -0.39 is 75.7 Å². The molecule has 0 aromatic heterocycles. The third-order valence-corrected chi connectivity index (χ3v) is 11.3. The van der Waals surface area contributed by atoms with Crippen LogP contribution in [0.4, 0.5) is 9.59 Å². The molecule has 0 aromatic rings. The number of nitrogens with zero attached hydrogens (tertiary/aromatic N) is 2. The summed E-state index contributed by atoms with van der Waals surface area (Å²) in [7, 11) is 0. The Morgan fingerprint density at radius 2 is 1.46 bits per heavy atom. The van der Waals surface area contributed by atoms with E-state index in [1.54, 1.807) is 9.80 Å². The van der Waals surface area contributed by atoms with Gasteiger partial charge in [0.05, 0.1) is 6.04 Å². The van der Waals surface area contributed by atoms with Crippen LogP contribution in [0.25, 0.3) is 0 Å². The number of amides is 6. The van der Waals surface area contributed by atoms with Crippen molar-refractivity contribution in [2.45, 2.75) is 138 Å². The lowest BCUT2D eigenvalue weighted by atomic mass is 9.80. The Hall–Kier alpha value is -3.38. The number of hydrogen-bond donors (Lipinski definition) is 4. The second-order valence-corrected chi connectivity index (χ2v) is 18.3. The summed E-state index contributed by atoms with van der Waals surface area (Å²) >= 11 is 0. The highest BCUT2D eigenvalue weighted by molar-refractivity contribution is 6.37. The third-order valence-electron chi connectivity index (χ3n) is 11.3. The predicted molar refractivity (Wildman–Crippen MR) is 179 cm³/mol. The van der Waals surface area contributed by atoms with Gasteiger partial charge in [-0.25, -0.2) is 9.59 Å². The molecule has 13 nitrogen and oxygen atoms in total. The first kappa shape index (κ1) is 37.4. The van der Waals surface area contributed by atoms with Crippen LogP contribution in [-0.2, 0) is 23.9 Å². The zero-order valence-electron chi connectivity index (χ0n) is 30.8. The molecule has 13 heteroatoms. The quantitative estimate of drug-likeness (QED) is 0.286. The zero-order chi connectivity index (χ0) is 36.4. The van der Waals surface area contributed by atoms with Gasteiger partial charge in [-0.05, 0) is 71.1 Å². The minimum atomic E-state index is -1.11. The highest BCUT2D eigenvalue weighted by Crippen LogP contribution is 2.84. The second kappa shape index (κ2) is 12.2. The van der Waals surface area contributed by atoms with E-state index in [2.05, 4.69) is 29.8 Å². The molecule has 4 fully saturated rings. The van der Waals surface area contributed by atoms with E-state index in [0.29, 0.717) is 25.9 Å². The first-order chi connectivity index (χ1) is 21.8.